The van der Waals surface area contributed by atoms with E-state index < -0.39 is 0 Å². The highest BCUT2D eigenvalue weighted by Crippen LogP contribution is 2.29. The Labute approximate surface area is 161 Å². The minimum absolute atomic E-state index is 0.0167. The largest absolute Gasteiger partial charge is 0.350 e. The summed E-state index contributed by atoms with van der Waals surface area (Å²) in [7, 11) is 3.53. The summed E-state index contributed by atoms with van der Waals surface area (Å²) in [4.78, 5) is 30.7. The van der Waals surface area contributed by atoms with Crippen LogP contribution in [0.5, 0.6) is 0 Å². The Kier molecular flexibility index (Phi) is 5.74. The Hall–Kier alpha value is -2.09. The van der Waals surface area contributed by atoms with Crippen molar-refractivity contribution in [3.05, 3.63) is 17.5 Å². The van der Waals surface area contributed by atoms with Gasteiger partial charge in [-0.25, -0.2) is 4.79 Å². The van der Waals surface area contributed by atoms with Gasteiger partial charge in [-0.1, -0.05) is 6.92 Å². The molecule has 0 aromatic carbocycles. The second kappa shape index (κ2) is 7.88. The molecule has 1 atom stereocenters. The van der Waals surface area contributed by atoms with Gasteiger partial charge in [-0.15, -0.1) is 0 Å². The van der Waals surface area contributed by atoms with Crippen molar-refractivity contribution >= 4 is 11.9 Å². The highest BCUT2D eigenvalue weighted by molar-refractivity contribution is 5.82. The topological polar surface area (TPSA) is 73.7 Å². The fourth-order valence-corrected chi connectivity index (χ4v) is 4.04. The number of hydrogen-bond donors (Lipinski definition) is 1. The number of amides is 3. The van der Waals surface area contributed by atoms with Gasteiger partial charge in [0.25, 0.3) is 0 Å². The predicted octanol–water partition coefficient (Wildman–Crippen LogP) is 1.12. The van der Waals surface area contributed by atoms with Crippen LogP contribution in [0.2, 0.25) is 0 Å². The maximum Gasteiger partial charge on any atom is 0.319 e. The van der Waals surface area contributed by atoms with Gasteiger partial charge < -0.3 is 20.0 Å². The Morgan fingerprint density at radius 1 is 1.30 bits per heavy atom. The van der Waals surface area contributed by atoms with Crippen molar-refractivity contribution in [2.24, 2.45) is 5.41 Å². The van der Waals surface area contributed by atoms with Crippen molar-refractivity contribution < 1.29 is 9.59 Å². The van der Waals surface area contributed by atoms with E-state index >= 15 is 0 Å². The van der Waals surface area contributed by atoms with E-state index in [1.807, 2.05) is 15.6 Å². The first kappa shape index (κ1) is 19.7. The fraction of sp³-hybridized carbons (Fsp3) is 0.737. The number of carbonyl (C=O) groups excluding carboxylic acids is 2. The second-order valence-corrected chi connectivity index (χ2v) is 8.16. The van der Waals surface area contributed by atoms with E-state index in [1.54, 1.807) is 19.0 Å². The number of urea groups is 1. The third kappa shape index (κ3) is 4.26. The molecule has 3 amide bonds. The molecule has 0 radical (unpaired) electrons. The van der Waals surface area contributed by atoms with Crippen LogP contribution in [0, 0.1) is 5.41 Å². The number of likely N-dealkylation sites (tertiary alicyclic amines) is 1. The normalized spacial score (nSPS) is 23.0. The van der Waals surface area contributed by atoms with Crippen LogP contribution < -0.4 is 5.32 Å². The van der Waals surface area contributed by atoms with E-state index in [2.05, 4.69) is 29.2 Å². The summed E-state index contributed by atoms with van der Waals surface area (Å²) in [5.74, 6) is 0.107. The number of piperidine rings is 1. The van der Waals surface area contributed by atoms with E-state index in [4.69, 9.17) is 0 Å². The zero-order valence-electron chi connectivity index (χ0n) is 17.0. The zero-order valence-corrected chi connectivity index (χ0v) is 17.0. The molecule has 8 heteroatoms. The van der Waals surface area contributed by atoms with Gasteiger partial charge in [0, 0.05) is 27.2 Å². The molecule has 1 fully saturated rings. The molecule has 1 aromatic heterocycles. The van der Waals surface area contributed by atoms with Crippen molar-refractivity contribution in [2.45, 2.75) is 46.3 Å². The van der Waals surface area contributed by atoms with Gasteiger partial charge in [-0.2, -0.15) is 5.10 Å². The molecule has 1 aromatic rings. The van der Waals surface area contributed by atoms with E-state index in [0.29, 0.717) is 26.2 Å². The van der Waals surface area contributed by atoms with Gasteiger partial charge in [0.15, 0.2) is 0 Å². The lowest BCUT2D eigenvalue weighted by Crippen LogP contribution is -2.50. The van der Waals surface area contributed by atoms with E-state index in [0.717, 1.165) is 43.9 Å². The molecular formula is C19H32N6O2. The van der Waals surface area contributed by atoms with Gasteiger partial charge >= 0.3 is 6.03 Å². The number of nitrogens with zero attached hydrogens (tertiary/aromatic N) is 5. The molecule has 3 rings (SSSR count). The van der Waals surface area contributed by atoms with Crippen LogP contribution in [-0.2, 0) is 24.4 Å². The van der Waals surface area contributed by atoms with Crippen molar-refractivity contribution in [3.63, 3.8) is 0 Å². The Balaban J connectivity index is 1.58. The lowest BCUT2D eigenvalue weighted by molar-refractivity contribution is -0.133. The molecule has 0 saturated carbocycles. The number of fused-ring (bicyclic) bond motifs is 1. The number of rotatable bonds is 4. The molecule has 150 valence electrons. The standard InChI is InChI=1S/C19H32N6O2/c1-5-23-8-6-7-19(2,14-23)17(26)20-12-15-11-16-13-24(18(27)22(3)4)9-10-25(16)21-15/h11H,5-10,12-14H2,1-4H3,(H,20,26)/t19-/m0/s1. The first-order valence-electron chi connectivity index (χ1n) is 9.85. The van der Waals surface area contributed by atoms with Crippen LogP contribution in [-0.4, -0.2) is 76.7 Å². The van der Waals surface area contributed by atoms with E-state index in [-0.39, 0.29) is 17.4 Å². The molecule has 8 nitrogen and oxygen atoms in total. The molecule has 1 saturated heterocycles. The minimum atomic E-state index is -0.331. The molecule has 0 bridgehead atoms. The summed E-state index contributed by atoms with van der Waals surface area (Å²) in [5.41, 5.74) is 1.54. The Morgan fingerprint density at radius 2 is 2.07 bits per heavy atom. The first-order valence-corrected chi connectivity index (χ1v) is 9.85. The maximum atomic E-state index is 12.8. The molecule has 3 heterocycles. The number of hydrogen-bond acceptors (Lipinski definition) is 4. The third-order valence-corrected chi connectivity index (χ3v) is 5.70. The summed E-state index contributed by atoms with van der Waals surface area (Å²) < 4.78 is 1.95. The quantitative estimate of drug-likeness (QED) is 0.855. The molecule has 0 spiro atoms. The smallest absolute Gasteiger partial charge is 0.319 e. The van der Waals surface area contributed by atoms with Gasteiger partial charge in [-0.3, -0.25) is 9.48 Å². The average molecular weight is 377 g/mol. The van der Waals surface area contributed by atoms with Crippen LogP contribution in [0.1, 0.15) is 38.1 Å². The third-order valence-electron chi connectivity index (χ3n) is 5.70. The van der Waals surface area contributed by atoms with Crippen molar-refractivity contribution in [3.8, 4) is 0 Å². The summed E-state index contributed by atoms with van der Waals surface area (Å²) >= 11 is 0. The SMILES string of the molecule is CCN1CCC[C@](C)(C(=O)NCc2cc3n(n2)CCN(C(=O)N(C)C)C3)C1. The predicted molar refractivity (Wildman–Crippen MR) is 103 cm³/mol. The summed E-state index contributed by atoms with van der Waals surface area (Å²) in [5, 5.41) is 7.69. The Morgan fingerprint density at radius 3 is 2.78 bits per heavy atom. The van der Waals surface area contributed by atoms with Crippen LogP contribution >= 0.6 is 0 Å². The molecular weight excluding hydrogens is 344 g/mol. The van der Waals surface area contributed by atoms with Crippen LogP contribution in [0.3, 0.4) is 0 Å². The van der Waals surface area contributed by atoms with Crippen molar-refractivity contribution in [1.29, 1.82) is 0 Å². The lowest BCUT2D eigenvalue weighted by Gasteiger charge is -2.38. The number of carbonyl (C=O) groups is 2. The Bertz CT molecular complexity index is 700. The molecule has 2 aliphatic rings. The molecule has 0 unspecified atom stereocenters. The summed E-state index contributed by atoms with van der Waals surface area (Å²) in [6.07, 6.45) is 1.99. The molecule has 0 aliphatic carbocycles. The van der Waals surface area contributed by atoms with Crippen LogP contribution in [0.25, 0.3) is 0 Å². The van der Waals surface area contributed by atoms with Gasteiger partial charge in [-0.05, 0) is 38.9 Å². The van der Waals surface area contributed by atoms with Crippen LogP contribution in [0.15, 0.2) is 6.07 Å². The fourth-order valence-electron chi connectivity index (χ4n) is 4.04. The summed E-state index contributed by atoms with van der Waals surface area (Å²) in [6.45, 7) is 9.42. The summed E-state index contributed by atoms with van der Waals surface area (Å²) in [6, 6.07) is 2.01. The van der Waals surface area contributed by atoms with Crippen molar-refractivity contribution in [2.75, 3.05) is 40.3 Å². The van der Waals surface area contributed by atoms with Gasteiger partial charge in [0.2, 0.25) is 5.91 Å². The molecule has 27 heavy (non-hydrogen) atoms. The van der Waals surface area contributed by atoms with E-state index in [9.17, 15) is 9.59 Å². The highest BCUT2D eigenvalue weighted by Gasteiger charge is 2.37. The molecule has 1 N–H and O–H groups in total. The first-order chi connectivity index (χ1) is 12.8. The zero-order chi connectivity index (χ0) is 19.6. The van der Waals surface area contributed by atoms with E-state index in [1.165, 1.54) is 0 Å². The second-order valence-electron chi connectivity index (χ2n) is 8.16. The number of nitrogens with one attached hydrogen (secondary N) is 1. The van der Waals surface area contributed by atoms with Gasteiger partial charge in [0.1, 0.15) is 0 Å². The average Bonchev–Trinajstić information content (AvgIpc) is 3.07. The number of aromatic nitrogens is 2. The lowest BCUT2D eigenvalue weighted by atomic mass is 9.81. The highest BCUT2D eigenvalue weighted by atomic mass is 16.2. The van der Waals surface area contributed by atoms with Gasteiger partial charge in [0.05, 0.1) is 36.4 Å². The minimum Gasteiger partial charge on any atom is -0.350 e. The van der Waals surface area contributed by atoms with Crippen molar-refractivity contribution in [1.82, 2.24) is 29.8 Å². The van der Waals surface area contributed by atoms with Crippen LogP contribution in [0.4, 0.5) is 4.79 Å². The maximum absolute atomic E-state index is 12.8. The monoisotopic (exact) mass is 376 g/mol. The molecule has 2 aliphatic heterocycles.